The molecule has 0 fully saturated rings. The number of ether oxygens (including phenoxy) is 16. The lowest BCUT2D eigenvalue weighted by Crippen LogP contribution is -2.30. The van der Waals surface area contributed by atoms with Crippen LogP contribution in [0.3, 0.4) is 0 Å². The first-order chi connectivity index (χ1) is 54.9. The van der Waals surface area contributed by atoms with Crippen molar-refractivity contribution in [1.82, 2.24) is 0 Å². The van der Waals surface area contributed by atoms with Gasteiger partial charge in [0.25, 0.3) is 0 Å². The van der Waals surface area contributed by atoms with Crippen LogP contribution in [0.25, 0.3) is 33.4 Å². The fourth-order valence-electron chi connectivity index (χ4n) is 14.8. The minimum Gasteiger partial charge on any atom is -0.493 e. The second kappa shape index (κ2) is 45.0. The zero-order chi connectivity index (χ0) is 78.9. The summed E-state index contributed by atoms with van der Waals surface area (Å²) in [5.41, 5.74) is 17.1. The van der Waals surface area contributed by atoms with Crippen LogP contribution >= 0.6 is 0 Å². The van der Waals surface area contributed by atoms with E-state index >= 15 is 0 Å². The molecule has 0 bridgehead atoms. The maximum absolute atomic E-state index is 14.5. The lowest BCUT2D eigenvalue weighted by molar-refractivity contribution is 0.00160. The van der Waals surface area contributed by atoms with Gasteiger partial charge in [-0.3, -0.25) is 4.79 Å². The highest BCUT2D eigenvalue weighted by Gasteiger charge is 2.50. The van der Waals surface area contributed by atoms with Gasteiger partial charge in [-0.05, 0) is 178 Å². The number of unbranched alkanes of at least 4 members (excludes halogenated alkanes) is 3. The van der Waals surface area contributed by atoms with Crippen molar-refractivity contribution < 1.29 is 95.6 Å². The molecule has 0 amide bonds. The van der Waals surface area contributed by atoms with Gasteiger partial charge in [-0.15, -0.1) is 0 Å². The van der Waals surface area contributed by atoms with Gasteiger partial charge in [0.15, 0.2) is 17.3 Å². The molecule has 8 aromatic carbocycles. The van der Waals surface area contributed by atoms with Crippen LogP contribution in [0, 0.1) is 20.8 Å². The average Bonchev–Trinajstić information content (AvgIpc) is 1.53. The number of rotatable bonds is 54. The number of ketones is 1. The van der Waals surface area contributed by atoms with Crippen molar-refractivity contribution in [1.29, 1.82) is 0 Å². The van der Waals surface area contributed by atoms with Crippen LogP contribution in [-0.4, -0.2) is 208 Å². The third-order valence-electron chi connectivity index (χ3n) is 20.2. The van der Waals surface area contributed by atoms with Gasteiger partial charge >= 0.3 is 5.97 Å². The van der Waals surface area contributed by atoms with Gasteiger partial charge in [-0.2, -0.15) is 0 Å². The lowest BCUT2D eigenvalue weighted by Gasteiger charge is -2.36. The maximum atomic E-state index is 14.5. The molecule has 0 spiro atoms. The molecular formula is C92H114O20. The van der Waals surface area contributed by atoms with Gasteiger partial charge in [-0.1, -0.05) is 140 Å². The van der Waals surface area contributed by atoms with E-state index in [1.54, 1.807) is 21.1 Å². The summed E-state index contributed by atoms with van der Waals surface area (Å²) in [6.07, 6.45) is 4.00. The van der Waals surface area contributed by atoms with Crippen LogP contribution in [0.4, 0.5) is 0 Å². The minimum atomic E-state index is -1.10. The van der Waals surface area contributed by atoms with E-state index in [1.807, 2.05) is 44.2 Å². The molecule has 2 unspecified atom stereocenters. The van der Waals surface area contributed by atoms with Crippen LogP contribution in [0.2, 0.25) is 0 Å². The Morgan fingerprint density at radius 3 is 1.24 bits per heavy atom. The number of benzene rings is 8. The smallest absolute Gasteiger partial charge is 0.341 e. The lowest BCUT2D eigenvalue weighted by atomic mass is 9.66. The molecule has 0 heterocycles. The summed E-state index contributed by atoms with van der Waals surface area (Å²) < 4.78 is 95.4. The summed E-state index contributed by atoms with van der Waals surface area (Å²) in [6, 6.07) is 51.9. The van der Waals surface area contributed by atoms with Crippen LogP contribution in [-0.2, 0) is 85.6 Å². The van der Waals surface area contributed by atoms with Crippen LogP contribution in [0.5, 0.6) is 17.2 Å². The average molecular weight is 1540 g/mol. The summed E-state index contributed by atoms with van der Waals surface area (Å²) in [5, 5.41) is 18.5. The van der Waals surface area contributed by atoms with Gasteiger partial charge < -0.3 is 86.0 Å². The van der Waals surface area contributed by atoms with E-state index in [1.165, 1.54) is 0 Å². The molecule has 20 nitrogen and oxygen atoms in total. The van der Waals surface area contributed by atoms with E-state index in [0.29, 0.717) is 141 Å². The van der Waals surface area contributed by atoms with Crippen molar-refractivity contribution in [3.63, 3.8) is 0 Å². The first kappa shape index (κ1) is 86.2. The van der Waals surface area contributed by atoms with Crippen molar-refractivity contribution in [2.75, 3.05) is 186 Å². The first-order valence-corrected chi connectivity index (χ1v) is 39.5. The topological polar surface area (TPSA) is 222 Å². The maximum Gasteiger partial charge on any atom is 0.341 e. The van der Waals surface area contributed by atoms with Crippen LogP contribution in [0.1, 0.15) is 139 Å². The molecule has 112 heavy (non-hydrogen) atoms. The number of hydrogen-bond donors (Lipinski definition) is 2. The highest BCUT2D eigenvalue weighted by atomic mass is 16.6. The summed E-state index contributed by atoms with van der Waals surface area (Å²) in [6.45, 7) is 20.3. The summed E-state index contributed by atoms with van der Waals surface area (Å²) >= 11 is 0. The first-order valence-electron chi connectivity index (χ1n) is 39.5. The Hall–Kier alpha value is -8.26. The molecule has 602 valence electrons. The predicted molar refractivity (Wildman–Crippen MR) is 431 cm³/mol. The highest BCUT2D eigenvalue weighted by Crippen LogP contribution is 2.60. The molecule has 0 aromatic heterocycles. The quantitative estimate of drug-likeness (QED) is 0.0205. The Kier molecular flexibility index (Phi) is 34.6. The summed E-state index contributed by atoms with van der Waals surface area (Å²) in [5.74, 6) is 0.930. The Bertz CT molecular complexity index is 4190. The number of hydrogen-bond acceptors (Lipinski definition) is 20. The highest BCUT2D eigenvalue weighted by molar-refractivity contribution is 5.98. The van der Waals surface area contributed by atoms with E-state index in [4.69, 9.17) is 75.8 Å². The largest absolute Gasteiger partial charge is 0.493 e. The number of aryl methyl sites for hydroxylation is 3. The van der Waals surface area contributed by atoms with Crippen molar-refractivity contribution >= 4 is 11.8 Å². The number of methoxy groups -OCH3 is 2. The molecule has 0 aliphatic heterocycles. The van der Waals surface area contributed by atoms with Gasteiger partial charge in [0.05, 0.1) is 183 Å². The molecule has 2 atom stereocenters. The van der Waals surface area contributed by atoms with Crippen molar-refractivity contribution in [2.45, 2.75) is 91.3 Å². The van der Waals surface area contributed by atoms with Crippen LogP contribution in [0.15, 0.2) is 146 Å². The standard InChI is InChI=1S/C92H114O20/c1-9-11-12-13-32-110-87-28-22-75(61-82(87)90(96)109-10-2)92(74-20-16-67(5)81(60-74)68(6)95)84-56-66(4)15-25-78(84)80-27-19-70(59-86(80)92)69-18-26-79-77-24-14-65(3)55-83(77)91(85(79)58-69,73-21-17-71(63-107-49-47-103-41-39-99-33-30-93)72(57-73)64-108-50-48-104-42-40-100-34-31-94)76-23-29-88(111-53-51-105-45-43-101-37-35-97-7)89(62-76)112-54-52-106-46-44-102-38-36-98-8/h14-29,55-62,93-94H,9-13,30-54,63-64H2,1-8H3. The number of aliphatic hydroxyl groups is 2. The van der Waals surface area contributed by atoms with Crippen molar-refractivity contribution in [3.8, 4) is 50.6 Å². The second-order valence-corrected chi connectivity index (χ2v) is 27.8. The molecule has 0 radical (unpaired) electrons. The minimum absolute atomic E-state index is 0.0566. The molecule has 0 saturated carbocycles. The van der Waals surface area contributed by atoms with Gasteiger partial charge in [0.2, 0.25) is 0 Å². The van der Waals surface area contributed by atoms with E-state index in [-0.39, 0.29) is 78.5 Å². The molecule has 2 N–H and O–H groups in total. The van der Waals surface area contributed by atoms with E-state index in [9.17, 15) is 19.8 Å². The third-order valence-corrected chi connectivity index (χ3v) is 20.2. The Labute approximate surface area is 661 Å². The Balaban J connectivity index is 1.17. The predicted octanol–water partition coefficient (Wildman–Crippen LogP) is 14.5. The normalized spacial score (nSPS) is 14.6. The van der Waals surface area contributed by atoms with Crippen molar-refractivity contribution in [2.24, 2.45) is 0 Å². The summed E-state index contributed by atoms with van der Waals surface area (Å²) in [7, 11) is 3.28. The third kappa shape index (κ3) is 21.8. The summed E-state index contributed by atoms with van der Waals surface area (Å²) in [4.78, 5) is 28.4. The van der Waals surface area contributed by atoms with Crippen molar-refractivity contribution in [3.05, 3.63) is 229 Å². The van der Waals surface area contributed by atoms with E-state index < -0.39 is 16.8 Å². The number of fused-ring (bicyclic) bond motifs is 6. The molecule has 10 rings (SSSR count). The number of carbonyl (C=O) groups excluding carboxylic acids is 2. The second-order valence-electron chi connectivity index (χ2n) is 27.8. The van der Waals surface area contributed by atoms with E-state index in [2.05, 4.69) is 136 Å². The fraction of sp³-hybridized carbons (Fsp3) is 0.457. The molecule has 8 aromatic rings. The van der Waals surface area contributed by atoms with E-state index in [0.717, 1.165) is 131 Å². The number of esters is 1. The molecular weight excluding hydrogens is 1420 g/mol. The SMILES string of the molecule is CCCCCCOc1ccc(C2(c3ccc(C)c(C(C)=O)c3)c3cc(C)ccc3-c3ccc(-c4ccc5c(c4)C(c4ccc(COCCOCCOCCO)c(COCCOCCOCCO)c4)(c4ccc(OCCOCCOCCOC)c(OCCOCCOCCOC)c4)c4cc(C)ccc4-5)cc32)cc1C(=O)OCC. The van der Waals surface area contributed by atoms with Gasteiger partial charge in [0, 0.05) is 19.8 Å². The Morgan fingerprint density at radius 1 is 0.348 bits per heavy atom. The molecule has 2 aliphatic carbocycles. The molecule has 0 saturated heterocycles. The van der Waals surface area contributed by atoms with Gasteiger partial charge in [0.1, 0.15) is 24.5 Å². The van der Waals surface area contributed by atoms with Crippen LogP contribution < -0.4 is 14.2 Å². The Morgan fingerprint density at radius 2 is 0.750 bits per heavy atom. The fourth-order valence-corrected chi connectivity index (χ4v) is 14.8. The molecule has 20 heteroatoms. The van der Waals surface area contributed by atoms with Gasteiger partial charge in [-0.25, -0.2) is 4.79 Å². The number of carbonyl (C=O) groups is 2. The zero-order valence-corrected chi connectivity index (χ0v) is 66.7. The molecule has 2 aliphatic rings. The number of Topliss-reactive ketones (excluding diaryl/α,β-unsaturated/α-hetero) is 1. The monoisotopic (exact) mass is 1540 g/mol. The number of aliphatic hydroxyl groups excluding tert-OH is 2. The zero-order valence-electron chi connectivity index (χ0n) is 66.7.